The number of carbonyl (C=O) groups excluding carboxylic acids is 1. The van der Waals surface area contributed by atoms with Crippen LogP contribution in [0.3, 0.4) is 0 Å². The second-order valence-electron chi connectivity index (χ2n) is 9.60. The SMILES string of the molecule is [2H]C([2H])([2H])N1C(=O)c2cccc(OC(F)F)c2[C@H]2C[C@@H]1c1nc3ccc(-c4ccc(P(C)(C)=O)c(F)c4)cc3n12. The fourth-order valence-electron chi connectivity index (χ4n) is 5.41. The summed E-state index contributed by atoms with van der Waals surface area (Å²) in [5.74, 6) is -1.32. The summed E-state index contributed by atoms with van der Waals surface area (Å²) in [7, 11) is -2.83. The molecule has 0 spiro atoms. The van der Waals surface area contributed by atoms with Crippen LogP contribution in [0.15, 0.2) is 54.6 Å². The van der Waals surface area contributed by atoms with Crippen LogP contribution in [0, 0.1) is 5.82 Å². The number of nitrogens with zero attached hydrogens (tertiary/aromatic N) is 3. The molecule has 6 rings (SSSR count). The number of imidazole rings is 1. The zero-order valence-electron chi connectivity index (χ0n) is 22.8. The highest BCUT2D eigenvalue weighted by Gasteiger charge is 2.45. The molecule has 1 aromatic heterocycles. The van der Waals surface area contributed by atoms with Gasteiger partial charge < -0.3 is 18.8 Å². The zero-order chi connectivity index (χ0) is 28.7. The predicted molar refractivity (Wildman–Crippen MR) is 135 cm³/mol. The van der Waals surface area contributed by atoms with Gasteiger partial charge in [0.2, 0.25) is 0 Å². The topological polar surface area (TPSA) is 64.4 Å². The summed E-state index contributed by atoms with van der Waals surface area (Å²) in [6, 6.07) is 12.1. The van der Waals surface area contributed by atoms with Crippen molar-refractivity contribution in [3.05, 3.63) is 77.4 Å². The average Bonchev–Trinajstić information content (AvgIpc) is 3.35. The largest absolute Gasteiger partial charge is 0.434 e. The average molecular weight is 528 g/mol. The lowest BCUT2D eigenvalue weighted by molar-refractivity contribution is -0.0507. The van der Waals surface area contributed by atoms with Crippen LogP contribution >= 0.6 is 7.14 Å². The first-order valence-electron chi connectivity index (χ1n) is 13.0. The molecule has 2 bridgehead atoms. The van der Waals surface area contributed by atoms with Crippen LogP contribution < -0.4 is 10.0 Å². The van der Waals surface area contributed by atoms with E-state index >= 15 is 0 Å². The maximum atomic E-state index is 14.9. The van der Waals surface area contributed by atoms with Crippen molar-refractivity contribution in [1.29, 1.82) is 0 Å². The predicted octanol–water partition coefficient (Wildman–Crippen LogP) is 5.81. The smallest absolute Gasteiger partial charge is 0.387 e. The quantitative estimate of drug-likeness (QED) is 0.314. The van der Waals surface area contributed by atoms with E-state index in [2.05, 4.69) is 4.98 Å². The van der Waals surface area contributed by atoms with Gasteiger partial charge in [0.05, 0.1) is 23.1 Å². The normalized spacial score (nSPS) is 20.3. The summed E-state index contributed by atoms with van der Waals surface area (Å²) in [5, 5.41) is 0.144. The number of aromatic nitrogens is 2. The number of hydrogen-bond donors (Lipinski definition) is 0. The molecule has 0 fully saturated rings. The molecule has 10 heteroatoms. The molecular weight excluding hydrogens is 502 g/mol. The first kappa shape index (κ1) is 20.5. The summed E-state index contributed by atoms with van der Waals surface area (Å²) >= 11 is 0. The van der Waals surface area contributed by atoms with E-state index in [1.807, 2.05) is 0 Å². The Labute approximate surface area is 215 Å². The van der Waals surface area contributed by atoms with Gasteiger partial charge in [-0.25, -0.2) is 9.37 Å². The molecule has 6 nitrogen and oxygen atoms in total. The summed E-state index contributed by atoms with van der Waals surface area (Å²) in [5.41, 5.74) is 2.30. The van der Waals surface area contributed by atoms with Crippen molar-refractivity contribution < 1.29 is 31.4 Å². The number of benzene rings is 3. The first-order valence-corrected chi connectivity index (χ1v) is 14.1. The van der Waals surface area contributed by atoms with E-state index in [0.717, 1.165) is 4.90 Å². The van der Waals surface area contributed by atoms with Gasteiger partial charge in [-0.3, -0.25) is 4.79 Å². The Morgan fingerprint density at radius 3 is 2.57 bits per heavy atom. The lowest BCUT2D eigenvalue weighted by atomic mass is 9.97. The fraction of sp³-hybridized carbons (Fsp3) is 0.259. The van der Waals surface area contributed by atoms with E-state index in [0.29, 0.717) is 28.0 Å². The molecule has 0 unspecified atom stereocenters. The van der Waals surface area contributed by atoms with E-state index in [1.54, 1.807) is 28.8 Å². The molecule has 0 saturated heterocycles. The first-order chi connectivity index (χ1) is 18.8. The molecule has 3 heterocycles. The molecule has 1 amide bonds. The summed E-state index contributed by atoms with van der Waals surface area (Å²) in [4.78, 5) is 19.0. The summed E-state index contributed by atoms with van der Waals surface area (Å²) < 4.78 is 85.0. The highest BCUT2D eigenvalue weighted by molar-refractivity contribution is 7.70. The third kappa shape index (κ3) is 3.67. The number of alkyl halides is 2. The number of rotatable bonds is 4. The van der Waals surface area contributed by atoms with Crippen LogP contribution in [0.4, 0.5) is 13.2 Å². The third-order valence-corrected chi connectivity index (χ3v) is 8.53. The van der Waals surface area contributed by atoms with Gasteiger partial charge in [0.1, 0.15) is 24.5 Å². The van der Waals surface area contributed by atoms with Crippen molar-refractivity contribution in [3.8, 4) is 16.9 Å². The summed E-state index contributed by atoms with van der Waals surface area (Å²) in [6.07, 6.45) is 0.0921. The zero-order valence-corrected chi connectivity index (χ0v) is 20.7. The molecule has 2 atom stereocenters. The molecule has 2 aliphatic rings. The maximum Gasteiger partial charge on any atom is 0.387 e. The molecule has 0 N–H and O–H groups in total. The van der Waals surface area contributed by atoms with Gasteiger partial charge in [0.25, 0.3) is 5.91 Å². The van der Waals surface area contributed by atoms with Crippen LogP contribution in [0.2, 0.25) is 0 Å². The van der Waals surface area contributed by atoms with Crippen molar-refractivity contribution in [3.63, 3.8) is 0 Å². The number of ether oxygens (including phenoxy) is 1. The van der Waals surface area contributed by atoms with E-state index < -0.39 is 44.5 Å². The van der Waals surface area contributed by atoms with Crippen LogP contribution in [-0.4, -0.2) is 47.3 Å². The van der Waals surface area contributed by atoms with Gasteiger partial charge in [-0.1, -0.05) is 18.2 Å². The Bertz CT molecular complexity index is 1750. The lowest BCUT2D eigenvalue weighted by Gasteiger charge is -2.24. The monoisotopic (exact) mass is 528 g/mol. The second kappa shape index (κ2) is 8.21. The van der Waals surface area contributed by atoms with E-state index in [1.165, 1.54) is 43.7 Å². The Kier molecular flexibility index (Phi) is 4.55. The molecule has 0 aliphatic carbocycles. The van der Waals surface area contributed by atoms with Crippen molar-refractivity contribution >= 4 is 29.4 Å². The van der Waals surface area contributed by atoms with Crippen molar-refractivity contribution in [2.24, 2.45) is 0 Å². The molecule has 0 radical (unpaired) electrons. The maximum absolute atomic E-state index is 14.9. The van der Waals surface area contributed by atoms with E-state index in [4.69, 9.17) is 8.85 Å². The number of fused-ring (bicyclic) bond motifs is 9. The Morgan fingerprint density at radius 1 is 1.11 bits per heavy atom. The highest BCUT2D eigenvalue weighted by Crippen LogP contribution is 2.50. The van der Waals surface area contributed by atoms with Crippen LogP contribution in [0.25, 0.3) is 22.2 Å². The third-order valence-electron chi connectivity index (χ3n) is 7.01. The minimum atomic E-state index is -3.16. The molecule has 0 saturated carbocycles. The van der Waals surface area contributed by atoms with Crippen molar-refractivity contribution in [2.75, 3.05) is 20.3 Å². The van der Waals surface area contributed by atoms with Gasteiger partial charge in [0.15, 0.2) is 0 Å². The molecule has 37 heavy (non-hydrogen) atoms. The van der Waals surface area contributed by atoms with Gasteiger partial charge >= 0.3 is 6.61 Å². The van der Waals surface area contributed by atoms with E-state index in [9.17, 15) is 22.5 Å². The highest BCUT2D eigenvalue weighted by atomic mass is 31.2. The van der Waals surface area contributed by atoms with E-state index in [-0.39, 0.29) is 28.6 Å². The fourth-order valence-corrected chi connectivity index (χ4v) is 6.42. The van der Waals surface area contributed by atoms with Crippen LogP contribution in [0.5, 0.6) is 5.75 Å². The molecule has 4 aromatic rings. The van der Waals surface area contributed by atoms with Crippen LogP contribution in [-0.2, 0) is 4.57 Å². The van der Waals surface area contributed by atoms with Crippen LogP contribution in [0.1, 0.15) is 44.4 Å². The Morgan fingerprint density at radius 2 is 1.86 bits per heavy atom. The Hall–Kier alpha value is -3.58. The number of hydrogen-bond acceptors (Lipinski definition) is 4. The number of amides is 1. The van der Waals surface area contributed by atoms with Crippen molar-refractivity contribution in [2.45, 2.75) is 25.1 Å². The minimum Gasteiger partial charge on any atom is -0.434 e. The lowest BCUT2D eigenvalue weighted by Crippen LogP contribution is -2.30. The molecular formula is C27H23F3N3O3P. The summed E-state index contributed by atoms with van der Waals surface area (Å²) in [6.45, 7) is -3.01. The number of halogens is 3. The minimum absolute atomic E-state index is 0.0355. The van der Waals surface area contributed by atoms with Gasteiger partial charge in [0, 0.05) is 33.9 Å². The van der Waals surface area contributed by atoms with Gasteiger partial charge in [-0.05, 0) is 60.9 Å². The van der Waals surface area contributed by atoms with Gasteiger partial charge in [-0.15, -0.1) is 0 Å². The molecule has 190 valence electrons. The number of carbonyl (C=O) groups is 1. The Balaban J connectivity index is 1.58. The molecule has 2 aliphatic heterocycles. The van der Waals surface area contributed by atoms with Crippen molar-refractivity contribution in [1.82, 2.24) is 14.5 Å². The molecule has 3 aromatic carbocycles. The van der Waals surface area contributed by atoms with Gasteiger partial charge in [-0.2, -0.15) is 8.78 Å². The standard InChI is InChI=1S/C27H23F3N3O3P/c1-32-21-13-20(24-16(26(32)34)5-4-6-22(24)36-27(29)30)33-19-12-15(7-9-18(19)31-25(21)33)14-8-10-23(17(28)11-14)37(2,3)35/h4-12,20-21,27H,13H2,1-3H3/t20-,21-/m1/s1/i1D3. The second-order valence-corrected chi connectivity index (χ2v) is 12.8.